The maximum atomic E-state index is 12.8. The van der Waals surface area contributed by atoms with E-state index in [1.54, 1.807) is 4.90 Å². The number of likely N-dealkylation sites (tertiary alicyclic amines) is 1. The Bertz CT molecular complexity index is 933. The molecule has 4 rings (SSSR count). The summed E-state index contributed by atoms with van der Waals surface area (Å²) in [5.74, 6) is 0. The van der Waals surface area contributed by atoms with Crippen LogP contribution in [0.2, 0.25) is 0 Å². The largest absolute Gasteiger partial charge is 0.444 e. The molecule has 8 heteroatoms. The first-order valence-corrected chi connectivity index (χ1v) is 11.8. The summed E-state index contributed by atoms with van der Waals surface area (Å²) in [6, 6.07) is 2.40. The van der Waals surface area contributed by atoms with Gasteiger partial charge >= 0.3 is 12.2 Å². The highest BCUT2D eigenvalue weighted by Crippen LogP contribution is 2.37. The van der Waals surface area contributed by atoms with Gasteiger partial charge in [-0.05, 0) is 66.0 Å². The number of aromatic nitrogens is 1. The average molecular weight is 457 g/mol. The highest BCUT2D eigenvalue weighted by atomic mass is 16.6. The predicted octanol–water partition coefficient (Wildman–Crippen LogP) is 4.52. The minimum absolute atomic E-state index is 0.115. The molecule has 1 aromatic rings. The molecule has 3 unspecified atom stereocenters. The Balaban J connectivity index is 1.47. The van der Waals surface area contributed by atoms with E-state index in [2.05, 4.69) is 22.0 Å². The molecule has 3 atom stereocenters. The Morgan fingerprint density at radius 3 is 2.18 bits per heavy atom. The standard InChI is InChI=1S/C25H36N4O4/c1-24(2,3)32-22(30)27-10-8-7-9-21(27)17-11-18(14-26-13-17)28-15-20-12-19(28)16-29(20)23(31)33-25(4,5)6/h7-8,11,13-14,19-21H,9-10,12,15-16H2,1-6H3. The van der Waals surface area contributed by atoms with E-state index in [9.17, 15) is 9.59 Å². The van der Waals surface area contributed by atoms with Crippen LogP contribution in [0.25, 0.3) is 0 Å². The number of rotatable bonds is 2. The summed E-state index contributed by atoms with van der Waals surface area (Å²) in [4.78, 5) is 35.9. The van der Waals surface area contributed by atoms with Crippen LogP contribution in [0.4, 0.5) is 15.3 Å². The van der Waals surface area contributed by atoms with E-state index < -0.39 is 11.2 Å². The lowest BCUT2D eigenvalue weighted by Gasteiger charge is -2.37. The molecule has 33 heavy (non-hydrogen) atoms. The second-order valence-corrected chi connectivity index (χ2v) is 11.2. The number of amides is 2. The average Bonchev–Trinajstić information content (AvgIpc) is 3.32. The van der Waals surface area contributed by atoms with Gasteiger partial charge in [0.15, 0.2) is 0 Å². The molecule has 0 aromatic carbocycles. The third kappa shape index (κ3) is 5.25. The van der Waals surface area contributed by atoms with Crippen molar-refractivity contribution in [3.63, 3.8) is 0 Å². The maximum absolute atomic E-state index is 12.8. The molecule has 3 aliphatic heterocycles. The van der Waals surface area contributed by atoms with Gasteiger partial charge in [-0.1, -0.05) is 12.2 Å². The van der Waals surface area contributed by atoms with Gasteiger partial charge in [0, 0.05) is 31.9 Å². The zero-order valence-corrected chi connectivity index (χ0v) is 20.6. The van der Waals surface area contributed by atoms with Gasteiger partial charge in [0.1, 0.15) is 11.2 Å². The summed E-state index contributed by atoms with van der Waals surface area (Å²) in [7, 11) is 0. The summed E-state index contributed by atoms with van der Waals surface area (Å²) in [6.45, 7) is 13.2. The Kier molecular flexibility index (Phi) is 6.05. The van der Waals surface area contributed by atoms with Crippen LogP contribution in [-0.4, -0.2) is 69.9 Å². The van der Waals surface area contributed by atoms with Crippen LogP contribution in [0.15, 0.2) is 30.6 Å². The first kappa shape index (κ1) is 23.4. The van der Waals surface area contributed by atoms with Crippen molar-refractivity contribution in [2.24, 2.45) is 0 Å². The van der Waals surface area contributed by atoms with E-state index in [4.69, 9.17) is 9.47 Å². The fourth-order valence-electron chi connectivity index (χ4n) is 4.82. The summed E-state index contributed by atoms with van der Waals surface area (Å²) >= 11 is 0. The number of piperazine rings is 1. The third-order valence-corrected chi connectivity index (χ3v) is 6.16. The van der Waals surface area contributed by atoms with Crippen LogP contribution < -0.4 is 4.90 Å². The van der Waals surface area contributed by atoms with Crippen molar-refractivity contribution in [1.82, 2.24) is 14.8 Å². The van der Waals surface area contributed by atoms with Crippen LogP contribution in [0, 0.1) is 0 Å². The second kappa shape index (κ2) is 8.54. The molecule has 180 valence electrons. The fraction of sp³-hybridized carbons (Fsp3) is 0.640. The van der Waals surface area contributed by atoms with Crippen molar-refractivity contribution < 1.29 is 19.1 Å². The lowest BCUT2D eigenvalue weighted by atomic mass is 10.0. The fourth-order valence-corrected chi connectivity index (χ4v) is 4.82. The Labute approximate surface area is 196 Å². The summed E-state index contributed by atoms with van der Waals surface area (Å²) < 4.78 is 11.2. The minimum Gasteiger partial charge on any atom is -0.444 e. The van der Waals surface area contributed by atoms with Gasteiger partial charge in [0.2, 0.25) is 0 Å². The quantitative estimate of drug-likeness (QED) is 0.609. The van der Waals surface area contributed by atoms with Crippen LogP contribution in [0.1, 0.15) is 66.0 Å². The predicted molar refractivity (Wildman–Crippen MR) is 126 cm³/mol. The van der Waals surface area contributed by atoms with E-state index >= 15 is 0 Å². The molecule has 0 saturated carbocycles. The van der Waals surface area contributed by atoms with Crippen LogP contribution in [0.5, 0.6) is 0 Å². The molecular weight excluding hydrogens is 420 g/mol. The van der Waals surface area contributed by atoms with Crippen LogP contribution in [0.3, 0.4) is 0 Å². The van der Waals surface area contributed by atoms with Gasteiger partial charge in [-0.3, -0.25) is 9.88 Å². The molecule has 2 saturated heterocycles. The molecule has 0 radical (unpaired) electrons. The van der Waals surface area contributed by atoms with Crippen molar-refractivity contribution in [2.75, 3.05) is 24.5 Å². The molecule has 4 heterocycles. The molecule has 2 bridgehead atoms. The molecule has 0 N–H and O–H groups in total. The molecule has 2 fully saturated rings. The zero-order chi connectivity index (χ0) is 24.0. The van der Waals surface area contributed by atoms with Crippen LogP contribution >= 0.6 is 0 Å². The molecule has 8 nitrogen and oxygen atoms in total. The van der Waals surface area contributed by atoms with E-state index in [0.29, 0.717) is 13.1 Å². The molecular formula is C25H36N4O4. The lowest BCUT2D eigenvalue weighted by molar-refractivity contribution is 0.0173. The minimum atomic E-state index is -0.544. The van der Waals surface area contributed by atoms with E-state index in [1.165, 1.54) is 0 Å². The number of carbonyl (C=O) groups is 2. The molecule has 3 aliphatic rings. The van der Waals surface area contributed by atoms with Gasteiger partial charge < -0.3 is 19.3 Å². The van der Waals surface area contributed by atoms with Crippen molar-refractivity contribution in [3.05, 3.63) is 36.2 Å². The number of nitrogens with zero attached hydrogens (tertiary/aromatic N) is 4. The number of anilines is 1. The smallest absolute Gasteiger partial charge is 0.411 e. The van der Waals surface area contributed by atoms with Gasteiger partial charge in [-0.2, -0.15) is 0 Å². The monoisotopic (exact) mass is 456 g/mol. The zero-order valence-electron chi connectivity index (χ0n) is 20.6. The molecule has 0 aliphatic carbocycles. The first-order chi connectivity index (χ1) is 15.4. The number of fused-ring (bicyclic) bond motifs is 2. The van der Waals surface area contributed by atoms with Crippen LogP contribution in [-0.2, 0) is 9.47 Å². The van der Waals surface area contributed by atoms with Gasteiger partial charge in [0.05, 0.1) is 24.0 Å². The molecule has 0 spiro atoms. The normalized spacial score (nSPS) is 24.9. The summed E-state index contributed by atoms with van der Waals surface area (Å²) in [5, 5.41) is 0. The number of carbonyl (C=O) groups excluding carboxylic acids is 2. The number of hydrogen-bond donors (Lipinski definition) is 0. The Hall–Kier alpha value is -2.77. The van der Waals surface area contributed by atoms with E-state index in [-0.39, 0.29) is 30.3 Å². The van der Waals surface area contributed by atoms with Gasteiger partial charge in [-0.25, -0.2) is 9.59 Å². The first-order valence-electron chi connectivity index (χ1n) is 11.8. The Morgan fingerprint density at radius 2 is 1.58 bits per heavy atom. The second-order valence-electron chi connectivity index (χ2n) is 11.2. The van der Waals surface area contributed by atoms with Gasteiger partial charge in [-0.15, -0.1) is 0 Å². The topological polar surface area (TPSA) is 75.2 Å². The number of ether oxygens (including phenoxy) is 2. The SMILES string of the molecule is CC(C)(C)OC(=O)N1CC2CC1CN2c1cncc(C2CC=CCN2C(=O)OC(C)(C)C)c1. The van der Waals surface area contributed by atoms with Crippen molar-refractivity contribution in [1.29, 1.82) is 0 Å². The Morgan fingerprint density at radius 1 is 0.909 bits per heavy atom. The summed E-state index contributed by atoms with van der Waals surface area (Å²) in [6.07, 6.45) is 8.93. The lowest BCUT2D eigenvalue weighted by Crippen LogP contribution is -2.50. The van der Waals surface area contributed by atoms with Crippen molar-refractivity contribution in [2.45, 2.75) is 83.7 Å². The highest BCUT2D eigenvalue weighted by molar-refractivity contribution is 5.71. The molecule has 1 aromatic heterocycles. The van der Waals surface area contributed by atoms with Gasteiger partial charge in [0.25, 0.3) is 0 Å². The molecule has 2 amide bonds. The third-order valence-electron chi connectivity index (χ3n) is 6.16. The summed E-state index contributed by atoms with van der Waals surface area (Å²) in [5.41, 5.74) is 0.986. The van der Waals surface area contributed by atoms with E-state index in [1.807, 2.05) is 64.9 Å². The highest BCUT2D eigenvalue weighted by Gasteiger charge is 2.46. The number of pyridine rings is 1. The number of hydrogen-bond acceptors (Lipinski definition) is 6. The van der Waals surface area contributed by atoms with E-state index in [0.717, 1.165) is 30.6 Å². The van der Waals surface area contributed by atoms with Crippen molar-refractivity contribution >= 4 is 17.9 Å². The van der Waals surface area contributed by atoms with Crippen molar-refractivity contribution in [3.8, 4) is 0 Å². The maximum Gasteiger partial charge on any atom is 0.411 e.